The van der Waals surface area contributed by atoms with E-state index in [-0.39, 0.29) is 6.42 Å². The van der Waals surface area contributed by atoms with Crippen molar-refractivity contribution in [3.8, 4) is 0 Å². The van der Waals surface area contributed by atoms with Crippen molar-refractivity contribution in [3.05, 3.63) is 0 Å². The zero-order chi connectivity index (χ0) is 30.0. The van der Waals surface area contributed by atoms with E-state index in [1.165, 1.54) is 13.8 Å². The van der Waals surface area contributed by atoms with E-state index in [1.807, 2.05) is 0 Å². The van der Waals surface area contributed by atoms with Crippen LogP contribution in [0.2, 0.25) is 0 Å². The zero-order valence-electron chi connectivity index (χ0n) is 22.3. The van der Waals surface area contributed by atoms with Gasteiger partial charge in [-0.05, 0) is 41.5 Å². The maximum atomic E-state index is 12.2. The fraction of sp³-hybridized carbons (Fsp3) is 0.652. The molecule has 1 aliphatic heterocycles. The Hall–Kier alpha value is -4.24. The van der Waals surface area contributed by atoms with Crippen LogP contribution in [0.3, 0.4) is 0 Å². The average Bonchev–Trinajstić information content (AvgIpc) is 2.85. The molecule has 1 fully saturated rings. The molecule has 0 amide bonds. The van der Waals surface area contributed by atoms with Gasteiger partial charge in [-0.2, -0.15) is 0 Å². The Balaban J connectivity index is 2.48. The highest BCUT2D eigenvalue weighted by Crippen LogP contribution is 2.16. The number of carbonyl (C=O) groups excluding carboxylic acids is 8. The number of cyclic esters (lactones) is 1. The Labute approximate surface area is 222 Å². The van der Waals surface area contributed by atoms with E-state index < -0.39 is 90.5 Å². The second-order valence-electron chi connectivity index (χ2n) is 8.18. The molecule has 39 heavy (non-hydrogen) atoms. The van der Waals surface area contributed by atoms with E-state index in [0.29, 0.717) is 0 Å². The second-order valence-corrected chi connectivity index (χ2v) is 8.18. The molecule has 0 aromatic carbocycles. The van der Waals surface area contributed by atoms with Gasteiger partial charge in [-0.1, -0.05) is 0 Å². The molecule has 0 radical (unpaired) electrons. The number of carbonyl (C=O) groups is 8. The Morgan fingerprint density at radius 1 is 0.564 bits per heavy atom. The first kappa shape index (κ1) is 32.8. The Bertz CT molecular complexity index is 979. The molecule has 0 bridgehead atoms. The zero-order valence-corrected chi connectivity index (χ0v) is 22.3. The number of esters is 8. The summed E-state index contributed by atoms with van der Waals surface area (Å²) in [5, 5.41) is 0. The number of hydrogen-bond donors (Lipinski definition) is 0. The lowest BCUT2D eigenvalue weighted by atomic mass is 10.2. The highest BCUT2D eigenvalue weighted by molar-refractivity contribution is 5.91. The third-order valence-electron chi connectivity index (χ3n) is 4.84. The summed E-state index contributed by atoms with van der Waals surface area (Å²) in [7, 11) is 1.09. The highest BCUT2D eigenvalue weighted by atomic mass is 16.7. The summed E-state index contributed by atoms with van der Waals surface area (Å²) in [6.45, 7) is 6.95. The minimum atomic E-state index is -1.55. The summed E-state index contributed by atoms with van der Waals surface area (Å²) in [5.74, 6) is -8.01. The molecular weight excluding hydrogens is 532 g/mol. The number of ether oxygens (including phenoxy) is 8. The quantitative estimate of drug-likeness (QED) is 0.196. The van der Waals surface area contributed by atoms with Crippen molar-refractivity contribution in [2.45, 2.75) is 90.7 Å². The van der Waals surface area contributed by atoms with Gasteiger partial charge in [0.05, 0.1) is 13.5 Å². The molecule has 16 heteroatoms. The van der Waals surface area contributed by atoms with E-state index in [1.54, 1.807) is 0 Å². The lowest BCUT2D eigenvalue weighted by Crippen LogP contribution is -2.43. The Kier molecular flexibility index (Phi) is 12.3. The van der Waals surface area contributed by atoms with Crippen molar-refractivity contribution < 1.29 is 76.3 Å². The van der Waals surface area contributed by atoms with Crippen molar-refractivity contribution >= 4 is 47.8 Å². The summed E-state index contributed by atoms with van der Waals surface area (Å²) in [4.78, 5) is 94.3. The van der Waals surface area contributed by atoms with E-state index >= 15 is 0 Å². The minimum absolute atomic E-state index is 0.185. The predicted molar refractivity (Wildman–Crippen MR) is 120 cm³/mol. The molecule has 1 rings (SSSR count). The lowest BCUT2D eigenvalue weighted by molar-refractivity contribution is -0.193. The van der Waals surface area contributed by atoms with Crippen LogP contribution in [0.5, 0.6) is 0 Å². The largest absolute Gasteiger partial charge is 0.466 e. The number of hydrogen-bond acceptors (Lipinski definition) is 16. The third kappa shape index (κ3) is 10.2. The van der Waals surface area contributed by atoms with E-state index in [0.717, 1.165) is 34.8 Å². The lowest BCUT2D eigenvalue weighted by Gasteiger charge is -2.25. The topological polar surface area (TPSA) is 210 Å². The molecule has 1 heterocycles. The maximum Gasteiger partial charge on any atom is 0.348 e. The third-order valence-corrected chi connectivity index (χ3v) is 4.84. The number of rotatable bonds is 13. The van der Waals surface area contributed by atoms with Gasteiger partial charge in [-0.3, -0.25) is 4.79 Å². The molecule has 16 nitrogen and oxygen atoms in total. The van der Waals surface area contributed by atoms with Gasteiger partial charge in [-0.15, -0.1) is 0 Å². The normalized spacial score (nSPS) is 18.6. The van der Waals surface area contributed by atoms with Crippen LogP contribution in [0, 0.1) is 0 Å². The first-order valence-electron chi connectivity index (χ1n) is 11.6. The predicted octanol–water partition coefficient (Wildman–Crippen LogP) is -0.935. The van der Waals surface area contributed by atoms with Crippen LogP contribution in [-0.2, 0) is 76.3 Å². The molecule has 0 saturated carbocycles. The number of methoxy groups -OCH3 is 1. The molecule has 0 N–H and O–H groups in total. The molecule has 6 unspecified atom stereocenters. The standard InChI is InChI=1S/C23H30O16/c1-9(17(25)32-7)33-18(26)10(2)34-19(27)11(3)35-20(28)12(4)36-21(29)13(5)37-22(30)14(6)38-23(31)15-8-16(24)39-15/h9-15H,8H2,1-7H3/t9?,10?,11?,12?,13?,14?,15-/m1/s1. The molecule has 1 saturated heterocycles. The maximum absolute atomic E-state index is 12.2. The van der Waals surface area contributed by atoms with Crippen LogP contribution in [0.25, 0.3) is 0 Å². The van der Waals surface area contributed by atoms with Gasteiger partial charge < -0.3 is 37.9 Å². The first-order chi connectivity index (χ1) is 18.1. The van der Waals surface area contributed by atoms with Crippen molar-refractivity contribution in [2.24, 2.45) is 0 Å². The van der Waals surface area contributed by atoms with Crippen LogP contribution in [0.4, 0.5) is 0 Å². The van der Waals surface area contributed by atoms with Gasteiger partial charge in [-0.25, -0.2) is 33.6 Å². The summed E-state index contributed by atoms with van der Waals surface area (Å²) < 4.78 is 37.9. The SMILES string of the molecule is COC(=O)C(C)OC(=O)C(C)OC(=O)C(C)OC(=O)C(C)OC(=O)C(C)OC(=O)C(C)OC(=O)[C@H]1CC(=O)O1. The molecule has 0 spiro atoms. The van der Waals surface area contributed by atoms with Crippen molar-refractivity contribution in [2.75, 3.05) is 7.11 Å². The summed E-state index contributed by atoms with van der Waals surface area (Å²) >= 11 is 0. The molecule has 0 aliphatic carbocycles. The molecule has 0 aromatic rings. The van der Waals surface area contributed by atoms with Crippen LogP contribution >= 0.6 is 0 Å². The molecule has 218 valence electrons. The van der Waals surface area contributed by atoms with Crippen LogP contribution in [-0.4, -0.2) is 97.6 Å². The van der Waals surface area contributed by atoms with E-state index in [9.17, 15) is 38.4 Å². The van der Waals surface area contributed by atoms with Gasteiger partial charge in [0.25, 0.3) is 0 Å². The van der Waals surface area contributed by atoms with Gasteiger partial charge in [0.1, 0.15) is 0 Å². The fourth-order valence-electron chi connectivity index (χ4n) is 2.49. The van der Waals surface area contributed by atoms with Crippen molar-refractivity contribution in [1.29, 1.82) is 0 Å². The highest BCUT2D eigenvalue weighted by Gasteiger charge is 2.38. The van der Waals surface area contributed by atoms with Gasteiger partial charge >= 0.3 is 47.8 Å². The Morgan fingerprint density at radius 2 is 0.821 bits per heavy atom. The van der Waals surface area contributed by atoms with Crippen LogP contribution in [0.1, 0.15) is 48.0 Å². The summed E-state index contributed by atoms with van der Waals surface area (Å²) in [6, 6.07) is 0. The summed E-state index contributed by atoms with van der Waals surface area (Å²) in [5.41, 5.74) is 0. The Morgan fingerprint density at radius 3 is 1.08 bits per heavy atom. The smallest absolute Gasteiger partial charge is 0.348 e. The first-order valence-corrected chi connectivity index (χ1v) is 11.6. The molecular formula is C23H30O16. The second kappa shape index (κ2) is 14.6. The van der Waals surface area contributed by atoms with E-state index in [2.05, 4.69) is 9.47 Å². The van der Waals surface area contributed by atoms with Gasteiger partial charge in [0.2, 0.25) is 6.10 Å². The molecule has 0 aromatic heterocycles. The van der Waals surface area contributed by atoms with Crippen LogP contribution in [0.15, 0.2) is 0 Å². The van der Waals surface area contributed by atoms with Gasteiger partial charge in [0.15, 0.2) is 36.6 Å². The van der Waals surface area contributed by atoms with Crippen LogP contribution < -0.4 is 0 Å². The van der Waals surface area contributed by atoms with Crippen molar-refractivity contribution in [1.82, 2.24) is 0 Å². The summed E-state index contributed by atoms with van der Waals surface area (Å²) in [6.07, 6.45) is -10.1. The monoisotopic (exact) mass is 562 g/mol. The van der Waals surface area contributed by atoms with Gasteiger partial charge in [0, 0.05) is 0 Å². The minimum Gasteiger partial charge on any atom is -0.466 e. The molecule has 7 atom stereocenters. The average molecular weight is 562 g/mol. The van der Waals surface area contributed by atoms with E-state index in [4.69, 9.17) is 28.4 Å². The molecule has 1 aliphatic rings. The fourth-order valence-corrected chi connectivity index (χ4v) is 2.49. The van der Waals surface area contributed by atoms with Crippen molar-refractivity contribution in [3.63, 3.8) is 0 Å².